The predicted molar refractivity (Wildman–Crippen MR) is 38.8 cm³/mol. The Morgan fingerprint density at radius 2 is 2.14 bits per heavy atom. The lowest BCUT2D eigenvalue weighted by Gasteiger charge is -1.86. The summed E-state index contributed by atoms with van der Waals surface area (Å²) in [5.74, 6) is 0. The standard InChI is InChI=1S/C4H9NS.ClH/c1-3-4(5)6-2;/h5H,3H2,1-2H3;1H. The Hall–Kier alpha value is 0.310. The highest BCUT2D eigenvalue weighted by atomic mass is 35.5. The molecule has 1 N–H and O–H groups in total. The molecule has 7 heavy (non-hydrogen) atoms. The van der Waals surface area contributed by atoms with Crippen molar-refractivity contribution in [2.75, 3.05) is 6.26 Å². The van der Waals surface area contributed by atoms with Gasteiger partial charge in [0.25, 0.3) is 0 Å². The molecule has 0 aliphatic heterocycles. The Bertz CT molecular complexity index is 49.7. The van der Waals surface area contributed by atoms with E-state index >= 15 is 0 Å². The molecule has 0 fully saturated rings. The summed E-state index contributed by atoms with van der Waals surface area (Å²) < 4.78 is 0. The zero-order valence-electron chi connectivity index (χ0n) is 4.52. The molecule has 0 amide bonds. The largest absolute Gasteiger partial charge is 0.298 e. The van der Waals surface area contributed by atoms with Gasteiger partial charge in [-0.15, -0.1) is 24.2 Å². The maximum absolute atomic E-state index is 6.95. The van der Waals surface area contributed by atoms with Gasteiger partial charge in [0.15, 0.2) is 0 Å². The number of hydrogen-bond donors (Lipinski definition) is 1. The van der Waals surface area contributed by atoms with Gasteiger partial charge >= 0.3 is 0 Å². The molecule has 0 rings (SSSR count). The average molecular weight is 140 g/mol. The van der Waals surface area contributed by atoms with Crippen LogP contribution in [0.1, 0.15) is 13.3 Å². The molecule has 0 radical (unpaired) electrons. The summed E-state index contributed by atoms with van der Waals surface area (Å²) in [7, 11) is 0. The van der Waals surface area contributed by atoms with Gasteiger partial charge < -0.3 is 0 Å². The van der Waals surface area contributed by atoms with Gasteiger partial charge in [-0.3, -0.25) is 5.41 Å². The van der Waals surface area contributed by atoms with Crippen molar-refractivity contribution in [3.05, 3.63) is 0 Å². The van der Waals surface area contributed by atoms with Gasteiger partial charge in [0, 0.05) is 0 Å². The lowest BCUT2D eigenvalue weighted by atomic mass is 10.5. The van der Waals surface area contributed by atoms with Crippen molar-refractivity contribution in [3.63, 3.8) is 0 Å². The van der Waals surface area contributed by atoms with E-state index in [4.69, 9.17) is 5.41 Å². The van der Waals surface area contributed by atoms with Crippen LogP contribution in [0.5, 0.6) is 0 Å². The minimum absolute atomic E-state index is 0. The Labute approximate surface area is 54.8 Å². The van der Waals surface area contributed by atoms with Crippen LogP contribution >= 0.6 is 24.2 Å². The zero-order valence-corrected chi connectivity index (χ0v) is 6.16. The van der Waals surface area contributed by atoms with Crippen LogP contribution in [0, 0.1) is 5.41 Å². The minimum atomic E-state index is 0. The molecule has 44 valence electrons. The van der Waals surface area contributed by atoms with Crippen LogP contribution in [0.15, 0.2) is 0 Å². The molecule has 0 aromatic heterocycles. The van der Waals surface area contributed by atoms with Crippen molar-refractivity contribution in [1.82, 2.24) is 0 Å². The van der Waals surface area contributed by atoms with Crippen LogP contribution < -0.4 is 0 Å². The van der Waals surface area contributed by atoms with E-state index in [0.29, 0.717) is 0 Å². The van der Waals surface area contributed by atoms with Gasteiger partial charge in [0.2, 0.25) is 0 Å². The van der Waals surface area contributed by atoms with Crippen molar-refractivity contribution < 1.29 is 0 Å². The highest BCUT2D eigenvalue weighted by Gasteiger charge is 1.81. The van der Waals surface area contributed by atoms with Gasteiger partial charge in [0.05, 0.1) is 5.04 Å². The first-order valence-corrected chi connectivity index (χ1v) is 3.15. The fourth-order valence-corrected chi connectivity index (χ4v) is 0.433. The summed E-state index contributed by atoms with van der Waals surface area (Å²) >= 11 is 1.51. The quantitative estimate of drug-likeness (QED) is 0.437. The summed E-state index contributed by atoms with van der Waals surface area (Å²) in [4.78, 5) is 0. The molecule has 0 heterocycles. The first-order chi connectivity index (χ1) is 2.81. The van der Waals surface area contributed by atoms with E-state index in [2.05, 4.69) is 0 Å². The summed E-state index contributed by atoms with van der Waals surface area (Å²) in [5, 5.41) is 7.71. The molecule has 0 aliphatic carbocycles. The van der Waals surface area contributed by atoms with Crippen LogP contribution in [0.25, 0.3) is 0 Å². The number of rotatable bonds is 1. The molecule has 0 aliphatic rings. The summed E-state index contributed by atoms with van der Waals surface area (Å²) in [6.45, 7) is 1.98. The zero-order chi connectivity index (χ0) is 4.99. The summed E-state index contributed by atoms with van der Waals surface area (Å²) in [6.07, 6.45) is 2.80. The molecule has 0 bridgehead atoms. The Morgan fingerprint density at radius 3 is 2.14 bits per heavy atom. The monoisotopic (exact) mass is 139 g/mol. The van der Waals surface area contributed by atoms with E-state index in [9.17, 15) is 0 Å². The third-order valence-corrected chi connectivity index (χ3v) is 1.35. The van der Waals surface area contributed by atoms with Crippen LogP contribution in [0.4, 0.5) is 0 Å². The Balaban J connectivity index is 0. The molecule has 0 atom stereocenters. The molecule has 0 aromatic carbocycles. The van der Waals surface area contributed by atoms with E-state index in [1.54, 1.807) is 0 Å². The van der Waals surface area contributed by atoms with Crippen molar-refractivity contribution in [2.24, 2.45) is 0 Å². The topological polar surface area (TPSA) is 23.9 Å². The van der Waals surface area contributed by atoms with E-state index in [0.717, 1.165) is 11.5 Å². The molecule has 0 saturated heterocycles. The second kappa shape index (κ2) is 6.31. The van der Waals surface area contributed by atoms with E-state index in [1.165, 1.54) is 11.8 Å². The summed E-state index contributed by atoms with van der Waals surface area (Å²) in [5.41, 5.74) is 0. The van der Waals surface area contributed by atoms with Gasteiger partial charge in [-0.1, -0.05) is 6.92 Å². The maximum atomic E-state index is 6.95. The molecular weight excluding hydrogens is 130 g/mol. The highest BCUT2D eigenvalue weighted by Crippen LogP contribution is 1.96. The molecule has 3 heteroatoms. The van der Waals surface area contributed by atoms with Crippen molar-refractivity contribution in [3.8, 4) is 0 Å². The van der Waals surface area contributed by atoms with Gasteiger partial charge in [-0.05, 0) is 12.7 Å². The first kappa shape index (κ1) is 10.3. The molecule has 0 aromatic rings. The highest BCUT2D eigenvalue weighted by molar-refractivity contribution is 8.13. The smallest absolute Gasteiger partial charge is 0.0636 e. The second-order valence-corrected chi connectivity index (χ2v) is 1.88. The predicted octanol–water partition coefficient (Wildman–Crippen LogP) is 2.16. The van der Waals surface area contributed by atoms with Gasteiger partial charge in [-0.2, -0.15) is 0 Å². The van der Waals surface area contributed by atoms with Gasteiger partial charge in [-0.25, -0.2) is 0 Å². The molecule has 0 unspecified atom stereocenters. The van der Waals surface area contributed by atoms with E-state index < -0.39 is 0 Å². The lowest BCUT2D eigenvalue weighted by Crippen LogP contribution is -1.80. The maximum Gasteiger partial charge on any atom is 0.0636 e. The molecule has 0 spiro atoms. The van der Waals surface area contributed by atoms with E-state index in [1.807, 2.05) is 13.2 Å². The number of hydrogen-bond acceptors (Lipinski definition) is 2. The Morgan fingerprint density at radius 1 is 1.71 bits per heavy atom. The van der Waals surface area contributed by atoms with Crippen LogP contribution in [-0.2, 0) is 0 Å². The average Bonchev–Trinajstić information content (AvgIpc) is 1.65. The SMILES string of the molecule is CCC(=N)SC.Cl. The van der Waals surface area contributed by atoms with Gasteiger partial charge in [0.1, 0.15) is 0 Å². The van der Waals surface area contributed by atoms with Crippen LogP contribution in [-0.4, -0.2) is 11.3 Å². The molecule has 0 saturated carbocycles. The second-order valence-electron chi connectivity index (χ2n) is 0.981. The third kappa shape index (κ3) is 6.31. The molecular formula is C4H10ClNS. The lowest BCUT2D eigenvalue weighted by molar-refractivity contribution is 1.28. The number of thioether (sulfide) groups is 1. The minimum Gasteiger partial charge on any atom is -0.298 e. The van der Waals surface area contributed by atoms with Crippen LogP contribution in [0.2, 0.25) is 0 Å². The first-order valence-electron chi connectivity index (χ1n) is 1.92. The fourth-order valence-electron chi connectivity index (χ4n) is 0.144. The van der Waals surface area contributed by atoms with E-state index in [-0.39, 0.29) is 12.4 Å². The van der Waals surface area contributed by atoms with Crippen molar-refractivity contribution in [1.29, 1.82) is 5.41 Å². The third-order valence-electron chi connectivity index (χ3n) is 0.568. The Kier molecular flexibility index (Phi) is 9.31. The number of halogens is 1. The summed E-state index contributed by atoms with van der Waals surface area (Å²) in [6, 6.07) is 0. The van der Waals surface area contributed by atoms with Crippen molar-refractivity contribution in [2.45, 2.75) is 13.3 Å². The van der Waals surface area contributed by atoms with Crippen molar-refractivity contribution >= 4 is 29.2 Å². The van der Waals surface area contributed by atoms with Crippen LogP contribution in [0.3, 0.4) is 0 Å². The molecule has 1 nitrogen and oxygen atoms in total. The number of nitrogens with one attached hydrogen (secondary N) is 1. The fraction of sp³-hybridized carbons (Fsp3) is 0.750. The normalized spacial score (nSPS) is 7.14.